The Balaban J connectivity index is 1.67. The number of thioether (sulfide) groups is 1. The van der Waals surface area contributed by atoms with Gasteiger partial charge in [-0.1, -0.05) is 56.8 Å². The number of ketones is 1. The van der Waals surface area contributed by atoms with Gasteiger partial charge < -0.3 is 9.73 Å². The fourth-order valence-electron chi connectivity index (χ4n) is 2.83. The summed E-state index contributed by atoms with van der Waals surface area (Å²) in [5.74, 6) is 0.0562. The van der Waals surface area contributed by atoms with Crippen LogP contribution in [0.3, 0.4) is 0 Å². The summed E-state index contributed by atoms with van der Waals surface area (Å²) in [6.45, 7) is 9.69. The first-order chi connectivity index (χ1) is 14.1. The Hall–Kier alpha value is -2.93. The molecular formula is C23H25N3O3S. The molecule has 0 bridgehead atoms. The van der Waals surface area contributed by atoms with Crippen LogP contribution < -0.4 is 5.32 Å². The molecule has 1 N–H and O–H groups in total. The number of benzene rings is 2. The SMILES string of the molecule is CC(=O)c1ccccc1NC(=O)[C@@H](C)Sc1nnc(-c2ccc(C(C)(C)C)cc2)o1. The molecule has 0 radical (unpaired) electrons. The Kier molecular flexibility index (Phi) is 6.41. The van der Waals surface area contributed by atoms with E-state index in [4.69, 9.17) is 4.42 Å². The third kappa shape index (κ3) is 5.16. The zero-order valence-electron chi connectivity index (χ0n) is 17.7. The lowest BCUT2D eigenvalue weighted by Gasteiger charge is -2.18. The molecule has 1 aromatic heterocycles. The van der Waals surface area contributed by atoms with Crippen molar-refractivity contribution in [2.45, 2.75) is 50.5 Å². The fraction of sp³-hybridized carbons (Fsp3) is 0.304. The lowest BCUT2D eigenvalue weighted by molar-refractivity contribution is -0.115. The lowest BCUT2D eigenvalue weighted by atomic mass is 9.87. The van der Waals surface area contributed by atoms with Crippen molar-refractivity contribution in [1.82, 2.24) is 10.2 Å². The molecule has 1 heterocycles. The van der Waals surface area contributed by atoms with Crippen LogP contribution in [0.2, 0.25) is 0 Å². The molecule has 0 saturated heterocycles. The standard InChI is InChI=1S/C23H25N3O3S/c1-14(27)18-8-6-7-9-19(18)24-20(28)15(2)30-22-26-25-21(29-22)16-10-12-17(13-11-16)23(3,4)5/h6-13,15H,1-5H3,(H,24,28)/t15-/m1/s1. The van der Waals surface area contributed by atoms with Crippen molar-refractivity contribution in [2.75, 3.05) is 5.32 Å². The average Bonchev–Trinajstić information content (AvgIpc) is 3.16. The van der Waals surface area contributed by atoms with Gasteiger partial charge in [-0.25, -0.2) is 0 Å². The van der Waals surface area contributed by atoms with Gasteiger partial charge in [-0.15, -0.1) is 10.2 Å². The molecule has 0 unspecified atom stereocenters. The minimum absolute atomic E-state index is 0.0676. The minimum Gasteiger partial charge on any atom is -0.411 e. The Labute approximate surface area is 180 Å². The maximum Gasteiger partial charge on any atom is 0.277 e. The Morgan fingerprint density at radius 2 is 1.70 bits per heavy atom. The predicted octanol–water partition coefficient (Wildman–Crippen LogP) is 5.36. The van der Waals surface area contributed by atoms with Crippen LogP contribution in [0.15, 0.2) is 58.2 Å². The van der Waals surface area contributed by atoms with Gasteiger partial charge in [0, 0.05) is 11.1 Å². The summed E-state index contributed by atoms with van der Waals surface area (Å²) in [6.07, 6.45) is 0. The zero-order chi connectivity index (χ0) is 21.9. The molecule has 6 nitrogen and oxygen atoms in total. The molecule has 0 saturated carbocycles. The molecule has 30 heavy (non-hydrogen) atoms. The number of hydrogen-bond donors (Lipinski definition) is 1. The van der Waals surface area contributed by atoms with Crippen LogP contribution >= 0.6 is 11.8 Å². The Morgan fingerprint density at radius 1 is 1.03 bits per heavy atom. The summed E-state index contributed by atoms with van der Waals surface area (Å²) in [5, 5.41) is 10.8. The first-order valence-electron chi connectivity index (χ1n) is 9.67. The lowest BCUT2D eigenvalue weighted by Crippen LogP contribution is -2.23. The monoisotopic (exact) mass is 423 g/mol. The van der Waals surface area contributed by atoms with Crippen molar-refractivity contribution in [1.29, 1.82) is 0 Å². The van der Waals surface area contributed by atoms with Gasteiger partial charge in [0.2, 0.25) is 11.8 Å². The summed E-state index contributed by atoms with van der Waals surface area (Å²) in [7, 11) is 0. The number of amides is 1. The van der Waals surface area contributed by atoms with Crippen LogP contribution in [0.4, 0.5) is 5.69 Å². The third-order valence-corrected chi connectivity index (χ3v) is 5.55. The highest BCUT2D eigenvalue weighted by Crippen LogP contribution is 2.29. The van der Waals surface area contributed by atoms with E-state index < -0.39 is 5.25 Å². The molecule has 156 valence electrons. The van der Waals surface area contributed by atoms with Crippen molar-refractivity contribution in [3.05, 3.63) is 59.7 Å². The summed E-state index contributed by atoms with van der Waals surface area (Å²) >= 11 is 1.17. The molecule has 0 aliphatic heterocycles. The van der Waals surface area contributed by atoms with E-state index in [2.05, 4.69) is 48.4 Å². The van der Waals surface area contributed by atoms with Crippen LogP contribution in [-0.4, -0.2) is 27.1 Å². The number of nitrogens with zero attached hydrogens (tertiary/aromatic N) is 2. The molecule has 0 spiro atoms. The molecule has 0 aliphatic rings. The summed E-state index contributed by atoms with van der Waals surface area (Å²) < 4.78 is 5.73. The van der Waals surface area contributed by atoms with Gasteiger partial charge >= 0.3 is 0 Å². The number of hydrogen-bond acceptors (Lipinski definition) is 6. The van der Waals surface area contributed by atoms with E-state index in [1.165, 1.54) is 24.2 Å². The van der Waals surface area contributed by atoms with Crippen LogP contribution in [0.5, 0.6) is 0 Å². The second-order valence-corrected chi connectivity index (χ2v) is 9.34. The Morgan fingerprint density at radius 3 is 2.33 bits per heavy atom. The molecule has 3 rings (SSSR count). The van der Waals surface area contributed by atoms with Crippen LogP contribution in [0, 0.1) is 0 Å². The van der Waals surface area contributed by atoms with Crippen LogP contribution in [-0.2, 0) is 10.2 Å². The maximum absolute atomic E-state index is 12.6. The average molecular weight is 424 g/mol. The number of Topliss-reactive ketones (excluding diaryl/α,β-unsaturated/α-hetero) is 1. The number of anilines is 1. The first kappa shape index (κ1) is 21.8. The highest BCUT2D eigenvalue weighted by atomic mass is 32.2. The minimum atomic E-state index is -0.485. The summed E-state index contributed by atoms with van der Waals surface area (Å²) in [4.78, 5) is 24.3. The number of carbonyl (C=O) groups excluding carboxylic acids is 2. The van der Waals surface area contributed by atoms with E-state index in [0.29, 0.717) is 22.4 Å². The first-order valence-corrected chi connectivity index (χ1v) is 10.5. The fourth-order valence-corrected chi connectivity index (χ4v) is 3.51. The largest absolute Gasteiger partial charge is 0.411 e. The van der Waals surface area contributed by atoms with E-state index in [1.54, 1.807) is 31.2 Å². The zero-order valence-corrected chi connectivity index (χ0v) is 18.5. The highest BCUT2D eigenvalue weighted by Gasteiger charge is 2.20. The molecule has 1 amide bonds. The van der Waals surface area contributed by atoms with Gasteiger partial charge in [0.1, 0.15) is 0 Å². The van der Waals surface area contributed by atoms with Gasteiger partial charge in [-0.3, -0.25) is 9.59 Å². The van der Waals surface area contributed by atoms with Crippen molar-refractivity contribution >= 4 is 29.1 Å². The predicted molar refractivity (Wildman–Crippen MR) is 119 cm³/mol. The van der Waals surface area contributed by atoms with Crippen molar-refractivity contribution < 1.29 is 14.0 Å². The Bertz CT molecular complexity index is 1050. The number of rotatable bonds is 6. The third-order valence-electron chi connectivity index (χ3n) is 4.62. The van der Waals surface area contributed by atoms with Gasteiger partial charge in [0.05, 0.1) is 10.9 Å². The van der Waals surface area contributed by atoms with Crippen LogP contribution in [0.1, 0.15) is 50.5 Å². The number of nitrogens with one attached hydrogen (secondary N) is 1. The summed E-state index contributed by atoms with van der Waals surface area (Å²) in [5.41, 5.74) is 3.08. The molecular weight excluding hydrogens is 398 g/mol. The van der Waals surface area contributed by atoms with Gasteiger partial charge in [-0.2, -0.15) is 0 Å². The topological polar surface area (TPSA) is 85.1 Å². The van der Waals surface area contributed by atoms with E-state index in [0.717, 1.165) is 5.56 Å². The molecule has 0 fully saturated rings. The number of aromatic nitrogens is 2. The normalized spacial score (nSPS) is 12.4. The molecule has 3 aromatic rings. The van der Waals surface area contributed by atoms with Gasteiger partial charge in [0.15, 0.2) is 5.78 Å². The van der Waals surface area contributed by atoms with Crippen LogP contribution in [0.25, 0.3) is 11.5 Å². The van der Waals surface area contributed by atoms with E-state index in [1.807, 2.05) is 12.1 Å². The molecule has 0 aliphatic carbocycles. The van der Waals surface area contributed by atoms with Crippen molar-refractivity contribution in [3.8, 4) is 11.5 Å². The highest BCUT2D eigenvalue weighted by molar-refractivity contribution is 8.00. The van der Waals surface area contributed by atoms with E-state index in [9.17, 15) is 9.59 Å². The van der Waals surface area contributed by atoms with Crippen molar-refractivity contribution in [2.24, 2.45) is 0 Å². The summed E-state index contributed by atoms with van der Waals surface area (Å²) in [6, 6.07) is 14.9. The smallest absolute Gasteiger partial charge is 0.277 e. The van der Waals surface area contributed by atoms with Gasteiger partial charge in [0.25, 0.3) is 5.22 Å². The second-order valence-electron chi connectivity index (χ2n) is 8.05. The molecule has 7 heteroatoms. The van der Waals surface area contributed by atoms with E-state index in [-0.39, 0.29) is 17.1 Å². The second kappa shape index (κ2) is 8.83. The quantitative estimate of drug-likeness (QED) is 0.425. The molecule has 1 atom stereocenters. The van der Waals surface area contributed by atoms with Crippen molar-refractivity contribution in [3.63, 3.8) is 0 Å². The number of carbonyl (C=O) groups is 2. The van der Waals surface area contributed by atoms with E-state index >= 15 is 0 Å². The maximum atomic E-state index is 12.6. The van der Waals surface area contributed by atoms with Gasteiger partial charge in [-0.05, 0) is 49.1 Å². The molecule has 2 aromatic carbocycles. The number of para-hydroxylation sites is 1.